The molecule has 0 aromatic heterocycles. The van der Waals surface area contributed by atoms with E-state index in [4.69, 9.17) is 9.47 Å². The van der Waals surface area contributed by atoms with Crippen LogP contribution in [0.1, 0.15) is 12.5 Å². The second-order valence-electron chi connectivity index (χ2n) is 5.82. The maximum atomic E-state index is 12.6. The van der Waals surface area contributed by atoms with Crippen LogP contribution in [-0.2, 0) is 29.4 Å². The molecule has 0 spiro atoms. The van der Waals surface area contributed by atoms with Crippen molar-refractivity contribution in [2.24, 2.45) is 0 Å². The van der Waals surface area contributed by atoms with Crippen LogP contribution in [0.25, 0.3) is 0 Å². The van der Waals surface area contributed by atoms with Crippen LogP contribution in [0.4, 0.5) is 4.79 Å². The van der Waals surface area contributed by atoms with Gasteiger partial charge in [-0.2, -0.15) is 0 Å². The molecule has 4 amide bonds. The van der Waals surface area contributed by atoms with Gasteiger partial charge >= 0.3 is 12.0 Å². The van der Waals surface area contributed by atoms with E-state index >= 15 is 0 Å². The van der Waals surface area contributed by atoms with Crippen LogP contribution in [0.15, 0.2) is 30.3 Å². The summed E-state index contributed by atoms with van der Waals surface area (Å²) in [6.45, 7) is 1.12. The van der Waals surface area contributed by atoms with Crippen LogP contribution in [0, 0.1) is 0 Å². The molecule has 0 saturated carbocycles. The lowest BCUT2D eigenvalue weighted by Crippen LogP contribution is -2.42. The van der Waals surface area contributed by atoms with Gasteiger partial charge in [-0.3, -0.25) is 19.3 Å². The molecular formula is C17H21N3O6. The second kappa shape index (κ2) is 8.43. The van der Waals surface area contributed by atoms with E-state index in [2.05, 4.69) is 10.6 Å². The molecule has 1 atom stereocenters. The zero-order valence-corrected chi connectivity index (χ0v) is 14.6. The van der Waals surface area contributed by atoms with Crippen molar-refractivity contribution in [3.8, 4) is 0 Å². The Labute approximate surface area is 150 Å². The van der Waals surface area contributed by atoms with E-state index in [9.17, 15) is 19.2 Å². The molecule has 1 saturated heterocycles. The van der Waals surface area contributed by atoms with Crippen molar-refractivity contribution < 1.29 is 28.7 Å². The molecule has 9 nitrogen and oxygen atoms in total. The Morgan fingerprint density at radius 3 is 2.58 bits per heavy atom. The normalized spacial score (nSPS) is 19.2. The molecule has 9 heteroatoms. The minimum atomic E-state index is -1.25. The molecule has 140 valence electrons. The third kappa shape index (κ3) is 4.37. The summed E-state index contributed by atoms with van der Waals surface area (Å²) in [5.41, 5.74) is -0.650. The van der Waals surface area contributed by atoms with Gasteiger partial charge in [0.25, 0.3) is 11.8 Å². The maximum Gasteiger partial charge on any atom is 0.326 e. The van der Waals surface area contributed by atoms with Gasteiger partial charge in [0.1, 0.15) is 12.1 Å². The monoisotopic (exact) mass is 363 g/mol. The molecule has 26 heavy (non-hydrogen) atoms. The van der Waals surface area contributed by atoms with Crippen molar-refractivity contribution in [3.05, 3.63) is 35.9 Å². The highest BCUT2D eigenvalue weighted by molar-refractivity contribution is 6.08. The summed E-state index contributed by atoms with van der Waals surface area (Å²) in [4.78, 5) is 48.9. The fraction of sp³-hybridized carbons (Fsp3) is 0.412. The van der Waals surface area contributed by atoms with E-state index < -0.39 is 42.5 Å². The highest BCUT2D eigenvalue weighted by atomic mass is 16.5. The minimum absolute atomic E-state index is 0.287. The number of carbonyl (C=O) groups is 4. The highest BCUT2D eigenvalue weighted by Gasteiger charge is 2.49. The first-order chi connectivity index (χ1) is 12.4. The predicted octanol–water partition coefficient (Wildman–Crippen LogP) is -0.241. The van der Waals surface area contributed by atoms with Crippen LogP contribution < -0.4 is 10.6 Å². The van der Waals surface area contributed by atoms with Crippen molar-refractivity contribution in [1.29, 1.82) is 0 Å². The fourth-order valence-electron chi connectivity index (χ4n) is 2.47. The number of esters is 1. The Morgan fingerprint density at radius 2 is 1.92 bits per heavy atom. The molecule has 1 aromatic carbocycles. The Kier molecular flexibility index (Phi) is 6.29. The number of nitrogens with one attached hydrogen (secondary N) is 2. The molecule has 0 unspecified atom stereocenters. The summed E-state index contributed by atoms with van der Waals surface area (Å²) in [5.74, 6) is -1.91. The van der Waals surface area contributed by atoms with Crippen molar-refractivity contribution >= 4 is 23.8 Å². The first-order valence-corrected chi connectivity index (χ1v) is 7.99. The summed E-state index contributed by atoms with van der Waals surface area (Å²) in [6, 6.07) is 8.02. The van der Waals surface area contributed by atoms with Crippen molar-refractivity contribution in [1.82, 2.24) is 15.5 Å². The molecule has 1 aliphatic heterocycles. The van der Waals surface area contributed by atoms with Crippen LogP contribution in [-0.4, -0.2) is 62.1 Å². The lowest BCUT2D eigenvalue weighted by Gasteiger charge is -2.21. The zero-order chi connectivity index (χ0) is 19.2. The summed E-state index contributed by atoms with van der Waals surface area (Å²) in [7, 11) is 1.49. The van der Waals surface area contributed by atoms with Gasteiger partial charge in [-0.15, -0.1) is 0 Å². The lowest BCUT2D eigenvalue weighted by molar-refractivity contribution is -0.151. The molecule has 0 radical (unpaired) electrons. The largest absolute Gasteiger partial charge is 0.454 e. The third-order valence-electron chi connectivity index (χ3n) is 3.91. The summed E-state index contributed by atoms with van der Waals surface area (Å²) >= 11 is 0. The SMILES string of the molecule is COCCNC(=O)COC(=O)CN1C(=O)N[C@](C)(c2ccccc2)C1=O. The van der Waals surface area contributed by atoms with E-state index in [-0.39, 0.29) is 6.54 Å². The molecule has 0 aliphatic carbocycles. The number of amides is 4. The Bertz CT molecular complexity index is 693. The number of nitrogens with zero attached hydrogens (tertiary/aromatic N) is 1. The maximum absolute atomic E-state index is 12.6. The minimum Gasteiger partial charge on any atom is -0.454 e. The number of imide groups is 1. The number of rotatable bonds is 8. The van der Waals surface area contributed by atoms with Gasteiger partial charge in [-0.25, -0.2) is 4.79 Å². The number of carbonyl (C=O) groups excluding carboxylic acids is 4. The van der Waals surface area contributed by atoms with Gasteiger partial charge in [0.2, 0.25) is 0 Å². The molecular weight excluding hydrogens is 342 g/mol. The van der Waals surface area contributed by atoms with Crippen LogP contribution in [0.5, 0.6) is 0 Å². The van der Waals surface area contributed by atoms with E-state index in [1.54, 1.807) is 37.3 Å². The first-order valence-electron chi connectivity index (χ1n) is 7.99. The summed E-state index contributed by atoms with van der Waals surface area (Å²) in [5, 5.41) is 5.07. The van der Waals surface area contributed by atoms with E-state index in [1.807, 2.05) is 0 Å². The molecule has 1 aliphatic rings. The summed E-state index contributed by atoms with van der Waals surface area (Å²) in [6.07, 6.45) is 0. The average molecular weight is 363 g/mol. The molecule has 0 bridgehead atoms. The zero-order valence-electron chi connectivity index (χ0n) is 14.6. The van der Waals surface area contributed by atoms with Crippen molar-refractivity contribution in [2.75, 3.05) is 33.4 Å². The molecule has 1 heterocycles. The number of ether oxygens (including phenoxy) is 2. The third-order valence-corrected chi connectivity index (χ3v) is 3.91. The Balaban J connectivity index is 1.91. The number of methoxy groups -OCH3 is 1. The second-order valence-corrected chi connectivity index (χ2v) is 5.82. The quantitative estimate of drug-likeness (QED) is 0.374. The smallest absolute Gasteiger partial charge is 0.326 e. The molecule has 1 fully saturated rings. The van der Waals surface area contributed by atoms with Gasteiger partial charge in [-0.1, -0.05) is 30.3 Å². The standard InChI is InChI=1S/C17H21N3O6/c1-17(12-6-4-3-5-7-12)15(23)20(16(24)19-17)10-14(22)26-11-13(21)18-8-9-25-2/h3-7H,8-11H2,1-2H3,(H,18,21)(H,19,24)/t17-/m1/s1. The van der Waals surface area contributed by atoms with Gasteiger partial charge in [0.15, 0.2) is 6.61 Å². The Morgan fingerprint density at radius 1 is 1.23 bits per heavy atom. The number of benzene rings is 1. The topological polar surface area (TPSA) is 114 Å². The summed E-state index contributed by atoms with van der Waals surface area (Å²) < 4.78 is 9.58. The van der Waals surface area contributed by atoms with E-state index in [1.165, 1.54) is 7.11 Å². The van der Waals surface area contributed by atoms with Crippen molar-refractivity contribution in [3.63, 3.8) is 0 Å². The van der Waals surface area contributed by atoms with Gasteiger partial charge < -0.3 is 20.1 Å². The molecule has 1 aromatic rings. The average Bonchev–Trinajstić information content (AvgIpc) is 2.85. The molecule has 2 N–H and O–H groups in total. The fourth-order valence-corrected chi connectivity index (χ4v) is 2.47. The highest BCUT2D eigenvalue weighted by Crippen LogP contribution is 2.28. The van der Waals surface area contributed by atoms with Crippen LogP contribution >= 0.6 is 0 Å². The number of hydrogen-bond acceptors (Lipinski definition) is 6. The molecule has 2 rings (SSSR count). The van der Waals surface area contributed by atoms with Crippen LogP contribution in [0.3, 0.4) is 0 Å². The van der Waals surface area contributed by atoms with E-state index in [0.717, 1.165) is 4.90 Å². The van der Waals surface area contributed by atoms with E-state index in [0.29, 0.717) is 12.2 Å². The number of hydrogen-bond donors (Lipinski definition) is 2. The van der Waals surface area contributed by atoms with Crippen LogP contribution in [0.2, 0.25) is 0 Å². The lowest BCUT2D eigenvalue weighted by atomic mass is 9.92. The predicted molar refractivity (Wildman–Crippen MR) is 89.9 cm³/mol. The van der Waals surface area contributed by atoms with Gasteiger partial charge in [0.05, 0.1) is 6.61 Å². The van der Waals surface area contributed by atoms with Crippen molar-refractivity contribution in [2.45, 2.75) is 12.5 Å². The van der Waals surface area contributed by atoms with Gasteiger partial charge in [-0.05, 0) is 12.5 Å². The van der Waals surface area contributed by atoms with Gasteiger partial charge in [0, 0.05) is 13.7 Å². The first kappa shape index (κ1) is 19.4. The Hall–Kier alpha value is -2.94. The number of urea groups is 1.